The van der Waals surface area contributed by atoms with Crippen LogP contribution in [0.2, 0.25) is 0 Å². The Kier molecular flexibility index (Phi) is 7.48. The summed E-state index contributed by atoms with van der Waals surface area (Å²) in [6.07, 6.45) is 0.976. The van der Waals surface area contributed by atoms with E-state index in [1.165, 1.54) is 27.8 Å². The lowest BCUT2D eigenvalue weighted by Gasteiger charge is -2.14. The first-order valence-corrected chi connectivity index (χ1v) is 8.69. The quantitative estimate of drug-likeness (QED) is 0.601. The number of aryl methyl sites for hydroxylation is 2. The summed E-state index contributed by atoms with van der Waals surface area (Å²) < 4.78 is 5.26. The van der Waals surface area contributed by atoms with Gasteiger partial charge >= 0.3 is 0 Å². The molecule has 2 rings (SSSR count). The van der Waals surface area contributed by atoms with Crippen LogP contribution >= 0.6 is 0 Å². The van der Waals surface area contributed by atoms with E-state index in [9.17, 15) is 0 Å². The molecule has 0 saturated carbocycles. The van der Waals surface area contributed by atoms with Crippen molar-refractivity contribution in [3.05, 3.63) is 70.3 Å². The van der Waals surface area contributed by atoms with Crippen molar-refractivity contribution in [2.45, 2.75) is 33.4 Å². The first-order chi connectivity index (χ1) is 12.1. The van der Waals surface area contributed by atoms with Gasteiger partial charge < -0.3 is 15.4 Å². The minimum atomic E-state index is 0.622. The second-order valence-electron chi connectivity index (χ2n) is 6.30. The Morgan fingerprint density at radius 1 is 1.00 bits per heavy atom. The number of ether oxygens (including phenoxy) is 1. The van der Waals surface area contributed by atoms with Gasteiger partial charge in [-0.2, -0.15) is 0 Å². The van der Waals surface area contributed by atoms with Gasteiger partial charge in [-0.05, 0) is 37.0 Å². The molecule has 2 aromatic rings. The second-order valence-corrected chi connectivity index (χ2v) is 6.30. The Hall–Kier alpha value is -2.33. The number of aliphatic imine (C=N–C) groups is 1. The SMILES string of the molecule is CN=C(NCCc1cc(C)cc(C)c1)NCc1ccccc1COC. The van der Waals surface area contributed by atoms with Crippen LogP contribution in [0.5, 0.6) is 0 Å². The zero-order chi connectivity index (χ0) is 18.1. The predicted molar refractivity (Wildman–Crippen MR) is 105 cm³/mol. The molecule has 0 bridgehead atoms. The molecule has 0 aliphatic heterocycles. The third-order valence-electron chi connectivity index (χ3n) is 4.08. The summed E-state index contributed by atoms with van der Waals surface area (Å²) in [4.78, 5) is 4.31. The molecule has 0 aliphatic carbocycles. The highest BCUT2D eigenvalue weighted by molar-refractivity contribution is 5.79. The van der Waals surface area contributed by atoms with E-state index < -0.39 is 0 Å². The number of hydrogen-bond donors (Lipinski definition) is 2. The van der Waals surface area contributed by atoms with Gasteiger partial charge in [-0.1, -0.05) is 53.6 Å². The molecule has 0 saturated heterocycles. The van der Waals surface area contributed by atoms with E-state index in [0.717, 1.165) is 25.5 Å². The maximum absolute atomic E-state index is 5.26. The molecule has 0 fully saturated rings. The van der Waals surface area contributed by atoms with Crippen LogP contribution in [0.4, 0.5) is 0 Å². The number of guanidine groups is 1. The van der Waals surface area contributed by atoms with Gasteiger partial charge in [-0.15, -0.1) is 0 Å². The first-order valence-electron chi connectivity index (χ1n) is 8.69. The molecule has 0 radical (unpaired) electrons. The fourth-order valence-corrected chi connectivity index (χ4v) is 2.96. The third-order valence-corrected chi connectivity index (χ3v) is 4.08. The maximum Gasteiger partial charge on any atom is 0.191 e. The number of nitrogens with one attached hydrogen (secondary N) is 2. The van der Waals surface area contributed by atoms with Gasteiger partial charge in [0, 0.05) is 27.2 Å². The van der Waals surface area contributed by atoms with Crippen molar-refractivity contribution < 1.29 is 4.74 Å². The third kappa shape index (κ3) is 6.24. The summed E-state index contributed by atoms with van der Waals surface area (Å²) >= 11 is 0. The summed E-state index contributed by atoms with van der Waals surface area (Å²) in [5.41, 5.74) is 6.40. The highest BCUT2D eigenvalue weighted by Crippen LogP contribution is 2.10. The molecule has 0 aliphatic rings. The van der Waals surface area contributed by atoms with Gasteiger partial charge in [0.25, 0.3) is 0 Å². The van der Waals surface area contributed by atoms with Crippen molar-refractivity contribution in [3.8, 4) is 0 Å². The fourth-order valence-electron chi connectivity index (χ4n) is 2.96. The van der Waals surface area contributed by atoms with Crippen LogP contribution in [0.15, 0.2) is 47.5 Å². The molecule has 0 atom stereocenters. The molecule has 2 aromatic carbocycles. The normalized spacial score (nSPS) is 11.4. The Labute approximate surface area is 151 Å². The fraction of sp³-hybridized carbons (Fsp3) is 0.381. The van der Waals surface area contributed by atoms with E-state index in [1.807, 2.05) is 12.1 Å². The molecular formula is C21H29N3O. The van der Waals surface area contributed by atoms with Crippen LogP contribution in [0, 0.1) is 13.8 Å². The van der Waals surface area contributed by atoms with Crippen LogP contribution in [0.25, 0.3) is 0 Å². The highest BCUT2D eigenvalue weighted by atomic mass is 16.5. The molecular weight excluding hydrogens is 310 g/mol. The molecule has 0 unspecified atom stereocenters. The van der Waals surface area contributed by atoms with E-state index in [0.29, 0.717) is 6.61 Å². The lowest BCUT2D eigenvalue weighted by Crippen LogP contribution is -2.38. The van der Waals surface area contributed by atoms with Gasteiger partial charge in [0.1, 0.15) is 0 Å². The van der Waals surface area contributed by atoms with Crippen molar-refractivity contribution in [3.63, 3.8) is 0 Å². The topological polar surface area (TPSA) is 45.7 Å². The largest absolute Gasteiger partial charge is 0.380 e. The highest BCUT2D eigenvalue weighted by Gasteiger charge is 2.03. The number of methoxy groups -OCH3 is 1. The van der Waals surface area contributed by atoms with Crippen LogP contribution in [-0.4, -0.2) is 26.7 Å². The molecule has 4 nitrogen and oxygen atoms in total. The molecule has 4 heteroatoms. The van der Waals surface area contributed by atoms with Crippen molar-refractivity contribution >= 4 is 5.96 Å². The van der Waals surface area contributed by atoms with E-state index >= 15 is 0 Å². The summed E-state index contributed by atoms with van der Waals surface area (Å²) in [5.74, 6) is 0.816. The van der Waals surface area contributed by atoms with Gasteiger partial charge in [0.15, 0.2) is 5.96 Å². The van der Waals surface area contributed by atoms with Crippen molar-refractivity contribution in [2.75, 3.05) is 20.7 Å². The number of hydrogen-bond acceptors (Lipinski definition) is 2. The van der Waals surface area contributed by atoms with Gasteiger partial charge in [0.2, 0.25) is 0 Å². The second kappa shape index (κ2) is 9.84. The van der Waals surface area contributed by atoms with Crippen LogP contribution in [-0.2, 0) is 24.3 Å². The summed E-state index contributed by atoms with van der Waals surface area (Å²) in [7, 11) is 3.52. The zero-order valence-electron chi connectivity index (χ0n) is 15.7. The molecule has 134 valence electrons. The van der Waals surface area contributed by atoms with E-state index in [1.54, 1.807) is 14.2 Å². The average Bonchev–Trinajstić information content (AvgIpc) is 2.58. The number of rotatable bonds is 7. The Balaban J connectivity index is 1.85. The molecule has 0 aromatic heterocycles. The number of benzene rings is 2. The summed E-state index contributed by atoms with van der Waals surface area (Å²) in [6.45, 7) is 6.48. The van der Waals surface area contributed by atoms with Crippen molar-refractivity contribution in [2.24, 2.45) is 4.99 Å². The predicted octanol–water partition coefficient (Wildman–Crippen LogP) is 3.36. The average molecular weight is 339 g/mol. The Morgan fingerprint density at radius 2 is 1.68 bits per heavy atom. The summed E-state index contributed by atoms with van der Waals surface area (Å²) in [5, 5.41) is 6.76. The molecule has 0 heterocycles. The van der Waals surface area contributed by atoms with Gasteiger partial charge in [-0.3, -0.25) is 4.99 Å². The molecule has 2 N–H and O–H groups in total. The molecule has 0 spiro atoms. The monoisotopic (exact) mass is 339 g/mol. The minimum absolute atomic E-state index is 0.622. The standard InChI is InChI=1S/C21H29N3O/c1-16-11-17(2)13-18(12-16)9-10-23-21(22-3)24-14-19-7-5-6-8-20(19)15-25-4/h5-8,11-13H,9-10,14-15H2,1-4H3,(H2,22,23,24). The Morgan fingerprint density at radius 3 is 2.32 bits per heavy atom. The summed E-state index contributed by atoms with van der Waals surface area (Å²) in [6, 6.07) is 15.0. The van der Waals surface area contributed by atoms with Crippen molar-refractivity contribution in [1.82, 2.24) is 10.6 Å². The lowest BCUT2D eigenvalue weighted by atomic mass is 10.1. The number of nitrogens with zero attached hydrogens (tertiary/aromatic N) is 1. The Bertz CT molecular complexity index is 690. The van der Waals surface area contributed by atoms with Crippen molar-refractivity contribution in [1.29, 1.82) is 0 Å². The smallest absolute Gasteiger partial charge is 0.191 e. The van der Waals surface area contributed by atoms with Gasteiger partial charge in [0.05, 0.1) is 6.61 Å². The van der Waals surface area contributed by atoms with E-state index in [-0.39, 0.29) is 0 Å². The molecule has 25 heavy (non-hydrogen) atoms. The van der Waals surface area contributed by atoms with E-state index in [2.05, 4.69) is 59.8 Å². The van der Waals surface area contributed by atoms with Crippen LogP contribution < -0.4 is 10.6 Å². The van der Waals surface area contributed by atoms with Crippen LogP contribution in [0.1, 0.15) is 27.8 Å². The first kappa shape index (κ1) is 19.0. The molecule has 0 amide bonds. The maximum atomic E-state index is 5.26. The lowest BCUT2D eigenvalue weighted by molar-refractivity contribution is 0.184. The van der Waals surface area contributed by atoms with E-state index in [4.69, 9.17) is 4.74 Å². The van der Waals surface area contributed by atoms with Gasteiger partial charge in [-0.25, -0.2) is 0 Å². The minimum Gasteiger partial charge on any atom is -0.380 e. The zero-order valence-corrected chi connectivity index (χ0v) is 15.7. The van der Waals surface area contributed by atoms with Crippen LogP contribution in [0.3, 0.4) is 0 Å².